The molecule has 0 heterocycles. The molecule has 0 saturated heterocycles. The standard InChI is InChI=1S/C10H16O4/c11-8-4-2-1-3-7(8)9(12)5-6-10(13)14/h7-8,11H,1-6H2,(H,13,14). The number of aliphatic carboxylic acids is 1. The van der Waals surface area contributed by atoms with Gasteiger partial charge in [-0.3, -0.25) is 9.59 Å². The summed E-state index contributed by atoms with van der Waals surface area (Å²) < 4.78 is 0. The van der Waals surface area contributed by atoms with Crippen molar-refractivity contribution in [3.05, 3.63) is 0 Å². The Morgan fingerprint density at radius 3 is 2.36 bits per heavy atom. The number of Topliss-reactive ketones (excluding diaryl/α,β-unsaturated/α-hetero) is 1. The van der Waals surface area contributed by atoms with Crippen LogP contribution in [0.3, 0.4) is 0 Å². The van der Waals surface area contributed by atoms with Crippen LogP contribution in [0.2, 0.25) is 0 Å². The summed E-state index contributed by atoms with van der Waals surface area (Å²) in [6.07, 6.45) is 2.68. The molecule has 80 valence electrons. The largest absolute Gasteiger partial charge is 0.481 e. The van der Waals surface area contributed by atoms with Crippen molar-refractivity contribution >= 4 is 11.8 Å². The summed E-state index contributed by atoms with van der Waals surface area (Å²) in [6, 6.07) is 0. The lowest BCUT2D eigenvalue weighted by atomic mass is 9.82. The van der Waals surface area contributed by atoms with Gasteiger partial charge in [0.2, 0.25) is 0 Å². The van der Waals surface area contributed by atoms with Crippen LogP contribution in [0, 0.1) is 5.92 Å². The van der Waals surface area contributed by atoms with Crippen LogP contribution in [-0.2, 0) is 9.59 Å². The van der Waals surface area contributed by atoms with E-state index in [0.717, 1.165) is 12.8 Å². The molecule has 14 heavy (non-hydrogen) atoms. The molecule has 4 nitrogen and oxygen atoms in total. The molecule has 0 spiro atoms. The van der Waals surface area contributed by atoms with E-state index in [1.54, 1.807) is 0 Å². The normalized spacial score (nSPS) is 27.2. The first-order chi connectivity index (χ1) is 6.61. The molecule has 2 N–H and O–H groups in total. The van der Waals surface area contributed by atoms with E-state index >= 15 is 0 Å². The van der Waals surface area contributed by atoms with E-state index in [1.807, 2.05) is 0 Å². The van der Waals surface area contributed by atoms with Crippen LogP contribution >= 0.6 is 0 Å². The topological polar surface area (TPSA) is 74.6 Å². The third-order valence-corrected chi connectivity index (χ3v) is 2.73. The summed E-state index contributed by atoms with van der Waals surface area (Å²) in [5, 5.41) is 17.9. The van der Waals surface area contributed by atoms with Gasteiger partial charge in [0.1, 0.15) is 5.78 Å². The van der Waals surface area contributed by atoms with E-state index in [2.05, 4.69) is 0 Å². The highest BCUT2D eigenvalue weighted by Gasteiger charge is 2.28. The summed E-state index contributed by atoms with van der Waals surface area (Å²) in [6.45, 7) is 0. The predicted molar refractivity (Wildman–Crippen MR) is 49.8 cm³/mol. The van der Waals surface area contributed by atoms with Gasteiger partial charge in [0.25, 0.3) is 0 Å². The Balaban J connectivity index is 2.38. The Morgan fingerprint density at radius 2 is 1.79 bits per heavy atom. The van der Waals surface area contributed by atoms with Gasteiger partial charge in [0, 0.05) is 12.3 Å². The Hall–Kier alpha value is -0.900. The second-order valence-electron chi connectivity index (χ2n) is 3.82. The zero-order valence-corrected chi connectivity index (χ0v) is 8.11. The molecule has 4 heteroatoms. The smallest absolute Gasteiger partial charge is 0.303 e. The van der Waals surface area contributed by atoms with E-state index in [1.165, 1.54) is 0 Å². The van der Waals surface area contributed by atoms with Gasteiger partial charge in [0.15, 0.2) is 0 Å². The lowest BCUT2D eigenvalue weighted by Crippen LogP contribution is -2.31. The zero-order valence-electron chi connectivity index (χ0n) is 8.11. The van der Waals surface area contributed by atoms with Gasteiger partial charge in [-0.25, -0.2) is 0 Å². The Labute approximate surface area is 82.9 Å². The number of carbonyl (C=O) groups is 2. The number of aliphatic hydroxyl groups excluding tert-OH is 1. The van der Waals surface area contributed by atoms with Gasteiger partial charge in [0.05, 0.1) is 12.5 Å². The fourth-order valence-electron chi connectivity index (χ4n) is 1.90. The second kappa shape index (κ2) is 5.10. The molecular formula is C10H16O4. The lowest BCUT2D eigenvalue weighted by molar-refractivity contribution is -0.140. The van der Waals surface area contributed by atoms with Crippen molar-refractivity contribution in [3.63, 3.8) is 0 Å². The molecule has 1 aliphatic carbocycles. The number of rotatable bonds is 4. The number of ketones is 1. The molecule has 1 saturated carbocycles. The van der Waals surface area contributed by atoms with Crippen LogP contribution < -0.4 is 0 Å². The highest BCUT2D eigenvalue weighted by molar-refractivity contribution is 5.84. The van der Waals surface area contributed by atoms with Gasteiger partial charge in [-0.05, 0) is 12.8 Å². The first-order valence-electron chi connectivity index (χ1n) is 5.04. The molecular weight excluding hydrogens is 184 g/mol. The molecule has 1 rings (SSSR count). The first kappa shape index (κ1) is 11.2. The summed E-state index contributed by atoms with van der Waals surface area (Å²) in [5.74, 6) is -1.37. The van der Waals surface area contributed by atoms with E-state index < -0.39 is 12.1 Å². The van der Waals surface area contributed by atoms with Crippen molar-refractivity contribution in [3.8, 4) is 0 Å². The Kier molecular flexibility index (Phi) is 4.07. The van der Waals surface area contributed by atoms with Crippen molar-refractivity contribution in [2.75, 3.05) is 0 Å². The fourth-order valence-corrected chi connectivity index (χ4v) is 1.90. The maximum absolute atomic E-state index is 11.5. The summed E-state index contributed by atoms with van der Waals surface area (Å²) >= 11 is 0. The third kappa shape index (κ3) is 3.10. The number of carboxylic acid groups (broad SMARTS) is 1. The van der Waals surface area contributed by atoms with Crippen molar-refractivity contribution in [2.45, 2.75) is 44.6 Å². The number of aliphatic hydroxyl groups is 1. The molecule has 0 aromatic rings. The minimum atomic E-state index is -0.955. The molecule has 1 fully saturated rings. The van der Waals surface area contributed by atoms with Crippen LogP contribution in [0.4, 0.5) is 0 Å². The summed E-state index contributed by atoms with van der Waals surface area (Å²) in [5.41, 5.74) is 0. The molecule has 0 aromatic carbocycles. The SMILES string of the molecule is O=C(O)CCC(=O)C1CCCCC1O. The maximum Gasteiger partial charge on any atom is 0.303 e. The van der Waals surface area contributed by atoms with Crippen molar-refractivity contribution in [1.29, 1.82) is 0 Å². The molecule has 0 bridgehead atoms. The number of hydrogen-bond donors (Lipinski definition) is 2. The number of carboxylic acids is 1. The van der Waals surface area contributed by atoms with E-state index in [9.17, 15) is 14.7 Å². The highest BCUT2D eigenvalue weighted by atomic mass is 16.4. The molecule has 1 aliphatic rings. The van der Waals surface area contributed by atoms with Gasteiger partial charge in [-0.15, -0.1) is 0 Å². The fraction of sp³-hybridized carbons (Fsp3) is 0.800. The Bertz CT molecular complexity index is 224. The average molecular weight is 200 g/mol. The predicted octanol–water partition coefficient (Wildman–Crippen LogP) is 0.971. The van der Waals surface area contributed by atoms with Crippen LogP contribution in [0.15, 0.2) is 0 Å². The molecule has 2 atom stereocenters. The van der Waals surface area contributed by atoms with Crippen molar-refractivity contribution < 1.29 is 19.8 Å². The lowest BCUT2D eigenvalue weighted by Gasteiger charge is -2.26. The van der Waals surface area contributed by atoms with E-state index in [-0.39, 0.29) is 24.5 Å². The summed E-state index contributed by atoms with van der Waals surface area (Å²) in [7, 11) is 0. The summed E-state index contributed by atoms with van der Waals surface area (Å²) in [4.78, 5) is 21.7. The Morgan fingerprint density at radius 1 is 1.14 bits per heavy atom. The number of carbonyl (C=O) groups excluding carboxylic acids is 1. The third-order valence-electron chi connectivity index (χ3n) is 2.73. The maximum atomic E-state index is 11.5. The first-order valence-corrected chi connectivity index (χ1v) is 5.04. The molecule has 0 amide bonds. The minimum absolute atomic E-state index is 0.0526. The van der Waals surface area contributed by atoms with Gasteiger partial charge < -0.3 is 10.2 Å². The van der Waals surface area contributed by atoms with Gasteiger partial charge in [-0.2, -0.15) is 0 Å². The van der Waals surface area contributed by atoms with Gasteiger partial charge in [-0.1, -0.05) is 12.8 Å². The quantitative estimate of drug-likeness (QED) is 0.709. The van der Waals surface area contributed by atoms with Crippen LogP contribution in [0.25, 0.3) is 0 Å². The van der Waals surface area contributed by atoms with Crippen LogP contribution in [0.1, 0.15) is 38.5 Å². The minimum Gasteiger partial charge on any atom is -0.481 e. The van der Waals surface area contributed by atoms with Crippen molar-refractivity contribution in [1.82, 2.24) is 0 Å². The van der Waals surface area contributed by atoms with Gasteiger partial charge >= 0.3 is 5.97 Å². The van der Waals surface area contributed by atoms with E-state index in [4.69, 9.17) is 5.11 Å². The molecule has 0 aromatic heterocycles. The van der Waals surface area contributed by atoms with Crippen LogP contribution in [-0.4, -0.2) is 28.1 Å². The van der Waals surface area contributed by atoms with Crippen molar-refractivity contribution in [2.24, 2.45) is 5.92 Å². The molecule has 0 aliphatic heterocycles. The van der Waals surface area contributed by atoms with Crippen LogP contribution in [0.5, 0.6) is 0 Å². The highest BCUT2D eigenvalue weighted by Crippen LogP contribution is 2.26. The van der Waals surface area contributed by atoms with E-state index in [0.29, 0.717) is 12.8 Å². The number of hydrogen-bond acceptors (Lipinski definition) is 3. The monoisotopic (exact) mass is 200 g/mol. The molecule has 0 radical (unpaired) electrons. The second-order valence-corrected chi connectivity index (χ2v) is 3.82. The average Bonchev–Trinajstić information content (AvgIpc) is 2.15. The molecule has 2 unspecified atom stereocenters. The zero-order chi connectivity index (χ0) is 10.6.